The summed E-state index contributed by atoms with van der Waals surface area (Å²) in [6.07, 6.45) is 4.11. The minimum absolute atomic E-state index is 0.241. The zero-order valence-electron chi connectivity index (χ0n) is 10.3. The fraction of sp³-hybridized carbons (Fsp3) is 0.385. The largest absolute Gasteiger partial charge is 0.330 e. The van der Waals surface area contributed by atoms with Gasteiger partial charge in [0.15, 0.2) is 9.84 Å². The van der Waals surface area contributed by atoms with Crippen molar-refractivity contribution in [3.63, 3.8) is 0 Å². The van der Waals surface area contributed by atoms with E-state index in [1.165, 1.54) is 5.41 Å². The third-order valence-electron chi connectivity index (χ3n) is 2.57. The maximum Gasteiger partial charge on any atom is 0.199 e. The fourth-order valence-corrected chi connectivity index (χ4v) is 2.62. The summed E-state index contributed by atoms with van der Waals surface area (Å²) in [4.78, 5) is 0.287. The molecule has 4 nitrogen and oxygen atoms in total. The van der Waals surface area contributed by atoms with E-state index in [9.17, 15) is 8.42 Å². The van der Waals surface area contributed by atoms with Gasteiger partial charge in [0.1, 0.15) is 0 Å². The molecule has 1 aromatic carbocycles. The highest BCUT2D eigenvalue weighted by atomic mass is 32.2. The van der Waals surface area contributed by atoms with Crippen LogP contribution in [-0.2, 0) is 9.84 Å². The van der Waals surface area contributed by atoms with Gasteiger partial charge in [0.2, 0.25) is 0 Å². The van der Waals surface area contributed by atoms with Gasteiger partial charge in [-0.3, -0.25) is 0 Å². The summed E-state index contributed by atoms with van der Waals surface area (Å²) in [5.41, 5.74) is 11.2. The van der Waals surface area contributed by atoms with Crippen LogP contribution in [0.1, 0.15) is 19.3 Å². The molecule has 0 fully saturated rings. The van der Waals surface area contributed by atoms with Crippen LogP contribution in [0.3, 0.4) is 0 Å². The Morgan fingerprint density at radius 2 is 1.83 bits per heavy atom. The highest BCUT2D eigenvalue weighted by Crippen LogP contribution is 2.11. The van der Waals surface area contributed by atoms with Crippen LogP contribution in [0, 0.1) is 0 Å². The molecule has 1 rings (SSSR count). The second-order valence-electron chi connectivity index (χ2n) is 4.13. The van der Waals surface area contributed by atoms with Gasteiger partial charge < -0.3 is 11.5 Å². The lowest BCUT2D eigenvalue weighted by Gasteiger charge is -2.05. The van der Waals surface area contributed by atoms with Crippen molar-refractivity contribution in [3.8, 4) is 0 Å². The van der Waals surface area contributed by atoms with Crippen molar-refractivity contribution in [3.05, 3.63) is 41.8 Å². The summed E-state index contributed by atoms with van der Waals surface area (Å²) < 4.78 is 23.8. The predicted octanol–water partition coefficient (Wildman–Crippen LogP) is 1.43. The van der Waals surface area contributed by atoms with E-state index >= 15 is 0 Å². The van der Waals surface area contributed by atoms with Crippen molar-refractivity contribution in [2.24, 2.45) is 11.5 Å². The summed E-state index contributed by atoms with van der Waals surface area (Å²) in [6.45, 7) is 0.638. The molecule has 0 saturated carbocycles. The molecule has 0 aliphatic rings. The molecule has 0 heterocycles. The smallest absolute Gasteiger partial charge is 0.199 e. The average Bonchev–Trinajstić information content (AvgIpc) is 2.38. The number of nitrogens with two attached hydrogens (primary N) is 2. The lowest BCUT2D eigenvalue weighted by atomic mass is 10.1. The maximum absolute atomic E-state index is 11.9. The average molecular weight is 268 g/mol. The van der Waals surface area contributed by atoms with Crippen LogP contribution >= 0.6 is 0 Å². The summed E-state index contributed by atoms with van der Waals surface area (Å²) in [6, 6.07) is 8.07. The van der Waals surface area contributed by atoms with E-state index in [1.807, 2.05) is 0 Å². The Morgan fingerprint density at radius 3 is 2.44 bits per heavy atom. The van der Waals surface area contributed by atoms with Gasteiger partial charge >= 0.3 is 0 Å². The van der Waals surface area contributed by atoms with Gasteiger partial charge in [0, 0.05) is 11.4 Å². The topological polar surface area (TPSA) is 86.2 Å². The van der Waals surface area contributed by atoms with Crippen molar-refractivity contribution >= 4 is 9.84 Å². The molecule has 5 heteroatoms. The van der Waals surface area contributed by atoms with E-state index in [2.05, 4.69) is 0 Å². The van der Waals surface area contributed by atoms with Gasteiger partial charge in [-0.1, -0.05) is 30.7 Å². The number of benzene rings is 1. The Morgan fingerprint density at radius 1 is 1.17 bits per heavy atom. The monoisotopic (exact) mass is 268 g/mol. The molecule has 18 heavy (non-hydrogen) atoms. The summed E-state index contributed by atoms with van der Waals surface area (Å²) >= 11 is 0. The molecule has 0 aliphatic heterocycles. The van der Waals surface area contributed by atoms with Gasteiger partial charge in [0.05, 0.1) is 4.90 Å². The maximum atomic E-state index is 11.9. The van der Waals surface area contributed by atoms with Crippen molar-refractivity contribution < 1.29 is 8.42 Å². The number of sulfone groups is 1. The Balaban J connectivity index is 2.60. The van der Waals surface area contributed by atoms with Crippen LogP contribution in [0.4, 0.5) is 0 Å². The summed E-state index contributed by atoms with van der Waals surface area (Å²) in [5, 5.41) is 1.19. The standard InChI is InChI=1S/C13H20N2O2S/c14-10-5-4-6-12(15)9-11-18(16,17)13-7-2-1-3-8-13/h1-3,7-9,11-12H,4-6,10,14-15H2/b11-9+/t12-/m0/s1. The summed E-state index contributed by atoms with van der Waals surface area (Å²) in [5.74, 6) is 0. The Kier molecular flexibility index (Phi) is 6.04. The van der Waals surface area contributed by atoms with E-state index < -0.39 is 9.84 Å². The van der Waals surface area contributed by atoms with Gasteiger partial charge in [-0.2, -0.15) is 0 Å². The number of rotatable bonds is 7. The van der Waals surface area contributed by atoms with Crippen LogP contribution in [0.15, 0.2) is 46.7 Å². The normalized spacial score (nSPS) is 13.9. The quantitative estimate of drug-likeness (QED) is 0.732. The Hall–Kier alpha value is -1.17. The number of unbranched alkanes of at least 4 members (excludes halogenated alkanes) is 1. The molecule has 0 saturated heterocycles. The number of hydrogen-bond donors (Lipinski definition) is 2. The van der Waals surface area contributed by atoms with Crippen LogP contribution in [0.2, 0.25) is 0 Å². The molecule has 1 atom stereocenters. The molecular weight excluding hydrogens is 248 g/mol. The zero-order chi connectivity index (χ0) is 13.4. The highest BCUT2D eigenvalue weighted by molar-refractivity contribution is 7.94. The highest BCUT2D eigenvalue weighted by Gasteiger charge is 2.09. The van der Waals surface area contributed by atoms with Crippen molar-refractivity contribution in [1.29, 1.82) is 0 Å². The molecule has 0 bridgehead atoms. The third-order valence-corrected chi connectivity index (χ3v) is 4.01. The first-order valence-corrected chi connectivity index (χ1v) is 7.55. The van der Waals surface area contributed by atoms with Crippen LogP contribution in [-0.4, -0.2) is 21.0 Å². The number of hydrogen-bond acceptors (Lipinski definition) is 4. The molecule has 0 unspecified atom stereocenters. The van der Waals surface area contributed by atoms with Crippen LogP contribution < -0.4 is 11.5 Å². The fourth-order valence-electron chi connectivity index (χ4n) is 1.51. The van der Waals surface area contributed by atoms with Gasteiger partial charge in [-0.15, -0.1) is 0 Å². The lowest BCUT2D eigenvalue weighted by Crippen LogP contribution is -2.17. The van der Waals surface area contributed by atoms with E-state index in [0.717, 1.165) is 19.3 Å². The Bertz CT molecular complexity index is 469. The van der Waals surface area contributed by atoms with Crippen molar-refractivity contribution in [1.82, 2.24) is 0 Å². The summed E-state index contributed by atoms with van der Waals surface area (Å²) in [7, 11) is -3.37. The lowest BCUT2D eigenvalue weighted by molar-refractivity contribution is 0.603. The van der Waals surface area contributed by atoms with Crippen molar-refractivity contribution in [2.45, 2.75) is 30.2 Å². The van der Waals surface area contributed by atoms with E-state index in [4.69, 9.17) is 11.5 Å². The zero-order valence-corrected chi connectivity index (χ0v) is 11.1. The van der Waals surface area contributed by atoms with E-state index in [-0.39, 0.29) is 10.9 Å². The molecule has 0 amide bonds. The van der Waals surface area contributed by atoms with Gasteiger partial charge in [0.25, 0.3) is 0 Å². The molecule has 100 valence electrons. The van der Waals surface area contributed by atoms with Crippen molar-refractivity contribution in [2.75, 3.05) is 6.54 Å². The molecule has 4 N–H and O–H groups in total. The van der Waals surface area contributed by atoms with E-state index in [1.54, 1.807) is 36.4 Å². The molecule has 0 spiro atoms. The second-order valence-corrected chi connectivity index (χ2v) is 5.97. The van der Waals surface area contributed by atoms with Gasteiger partial charge in [-0.05, 0) is 31.5 Å². The van der Waals surface area contributed by atoms with Crippen LogP contribution in [0.5, 0.6) is 0 Å². The molecular formula is C13H20N2O2S. The first-order chi connectivity index (χ1) is 8.56. The predicted molar refractivity (Wildman–Crippen MR) is 73.6 cm³/mol. The SMILES string of the molecule is NCCCC[C@H](N)/C=C/S(=O)(=O)c1ccccc1. The Labute approximate surface area is 109 Å². The molecule has 0 aromatic heterocycles. The van der Waals surface area contributed by atoms with E-state index in [0.29, 0.717) is 6.54 Å². The van der Waals surface area contributed by atoms with Gasteiger partial charge in [-0.25, -0.2) is 8.42 Å². The first-order valence-electron chi connectivity index (χ1n) is 6.00. The second kappa shape index (κ2) is 7.31. The third kappa shape index (κ3) is 5.00. The molecule has 0 aliphatic carbocycles. The minimum Gasteiger partial charge on any atom is -0.330 e. The first kappa shape index (κ1) is 14.9. The minimum atomic E-state index is -3.37. The molecule has 1 aromatic rings. The van der Waals surface area contributed by atoms with Crippen LogP contribution in [0.25, 0.3) is 0 Å². The molecule has 0 radical (unpaired) electrons.